The number of aldehydes is 1. The number of hydrogen-bond acceptors (Lipinski definition) is 3. The lowest BCUT2D eigenvalue weighted by atomic mass is 9.83. The molecule has 0 bridgehead atoms. The predicted octanol–water partition coefficient (Wildman–Crippen LogP) is 1.78. The van der Waals surface area contributed by atoms with Crippen molar-refractivity contribution in [1.82, 2.24) is 0 Å². The van der Waals surface area contributed by atoms with Gasteiger partial charge < -0.3 is 14.6 Å². The molecule has 0 aliphatic heterocycles. The van der Waals surface area contributed by atoms with Gasteiger partial charge in [0.15, 0.2) is 0 Å². The lowest BCUT2D eigenvalue weighted by Crippen LogP contribution is -2.20. The molecule has 1 fully saturated rings. The van der Waals surface area contributed by atoms with Crippen LogP contribution in [0.15, 0.2) is 0 Å². The summed E-state index contributed by atoms with van der Waals surface area (Å²) in [5, 5.41) is 8.99. The fourth-order valence-corrected chi connectivity index (χ4v) is 2.10. The molecule has 1 saturated carbocycles. The van der Waals surface area contributed by atoms with Gasteiger partial charge in [-0.25, -0.2) is 0 Å². The number of rotatable bonds is 7. The number of ether oxygens (including phenoxy) is 1. The SMILES string of the molecule is O=CCCCOCC1CCC(CO)CC1. The molecule has 3 nitrogen and oxygen atoms in total. The lowest BCUT2D eigenvalue weighted by molar-refractivity contribution is -0.108. The van der Waals surface area contributed by atoms with E-state index in [0.717, 1.165) is 32.2 Å². The maximum Gasteiger partial charge on any atom is 0.120 e. The average Bonchev–Trinajstić information content (AvgIpc) is 2.30. The van der Waals surface area contributed by atoms with Gasteiger partial charge >= 0.3 is 0 Å². The summed E-state index contributed by atoms with van der Waals surface area (Å²) in [6, 6.07) is 0. The van der Waals surface area contributed by atoms with Crippen LogP contribution in [0.4, 0.5) is 0 Å². The first kappa shape index (κ1) is 12.7. The molecule has 15 heavy (non-hydrogen) atoms. The summed E-state index contributed by atoms with van der Waals surface area (Å²) in [5.74, 6) is 1.19. The van der Waals surface area contributed by atoms with Crippen molar-refractivity contribution in [2.75, 3.05) is 19.8 Å². The molecule has 1 N–H and O–H groups in total. The molecule has 0 aromatic carbocycles. The van der Waals surface area contributed by atoms with Gasteiger partial charge in [0.1, 0.15) is 6.29 Å². The van der Waals surface area contributed by atoms with Crippen molar-refractivity contribution in [3.05, 3.63) is 0 Å². The Morgan fingerprint density at radius 1 is 1.20 bits per heavy atom. The second-order valence-electron chi connectivity index (χ2n) is 4.45. The number of hydrogen-bond donors (Lipinski definition) is 1. The molecule has 0 aromatic rings. The van der Waals surface area contributed by atoms with E-state index in [4.69, 9.17) is 9.84 Å². The van der Waals surface area contributed by atoms with Crippen LogP contribution in [0.3, 0.4) is 0 Å². The Morgan fingerprint density at radius 2 is 1.87 bits per heavy atom. The summed E-state index contributed by atoms with van der Waals surface area (Å²) >= 11 is 0. The van der Waals surface area contributed by atoms with E-state index in [2.05, 4.69) is 0 Å². The molecule has 0 heterocycles. The Bertz CT molecular complexity index is 162. The van der Waals surface area contributed by atoms with Crippen LogP contribution >= 0.6 is 0 Å². The molecule has 0 atom stereocenters. The third kappa shape index (κ3) is 5.28. The molecule has 88 valence electrons. The van der Waals surface area contributed by atoms with Gasteiger partial charge in [0.05, 0.1) is 0 Å². The highest BCUT2D eigenvalue weighted by Crippen LogP contribution is 2.28. The van der Waals surface area contributed by atoms with Crippen molar-refractivity contribution in [2.45, 2.75) is 38.5 Å². The molecule has 0 aromatic heterocycles. The molecule has 1 aliphatic rings. The fraction of sp³-hybridized carbons (Fsp3) is 0.917. The van der Waals surface area contributed by atoms with Gasteiger partial charge in [-0.3, -0.25) is 0 Å². The summed E-state index contributed by atoms with van der Waals surface area (Å²) in [6.07, 6.45) is 7.03. The van der Waals surface area contributed by atoms with Crippen molar-refractivity contribution in [2.24, 2.45) is 11.8 Å². The smallest absolute Gasteiger partial charge is 0.120 e. The lowest BCUT2D eigenvalue weighted by Gasteiger charge is -2.26. The van der Waals surface area contributed by atoms with Crippen LogP contribution in [0.1, 0.15) is 38.5 Å². The second-order valence-corrected chi connectivity index (χ2v) is 4.45. The molecule has 0 radical (unpaired) electrons. The Labute approximate surface area is 91.8 Å². The first-order chi connectivity index (χ1) is 7.36. The maximum absolute atomic E-state index is 10.1. The van der Waals surface area contributed by atoms with E-state index in [-0.39, 0.29) is 0 Å². The van der Waals surface area contributed by atoms with E-state index in [1.165, 1.54) is 12.8 Å². The summed E-state index contributed by atoms with van der Waals surface area (Å²) in [7, 11) is 0. The van der Waals surface area contributed by atoms with E-state index >= 15 is 0 Å². The average molecular weight is 214 g/mol. The van der Waals surface area contributed by atoms with Crippen molar-refractivity contribution < 1.29 is 14.6 Å². The highest BCUT2D eigenvalue weighted by atomic mass is 16.5. The first-order valence-corrected chi connectivity index (χ1v) is 5.99. The molecule has 1 rings (SSSR count). The monoisotopic (exact) mass is 214 g/mol. The maximum atomic E-state index is 10.1. The van der Waals surface area contributed by atoms with Crippen LogP contribution < -0.4 is 0 Å². The molecule has 3 heteroatoms. The Kier molecular flexibility index (Phi) is 6.60. The third-order valence-electron chi connectivity index (χ3n) is 3.19. The third-order valence-corrected chi connectivity index (χ3v) is 3.19. The van der Waals surface area contributed by atoms with Gasteiger partial charge in [-0.1, -0.05) is 0 Å². The second kappa shape index (κ2) is 7.83. The van der Waals surface area contributed by atoms with Gasteiger partial charge in [0, 0.05) is 26.2 Å². The Morgan fingerprint density at radius 3 is 2.47 bits per heavy atom. The zero-order valence-corrected chi connectivity index (χ0v) is 9.36. The Hall–Kier alpha value is -0.410. The van der Waals surface area contributed by atoms with E-state index < -0.39 is 0 Å². The molecule has 1 aliphatic carbocycles. The standard InChI is InChI=1S/C12H22O3/c13-7-1-2-8-15-10-12-5-3-11(9-14)4-6-12/h7,11-12,14H,1-6,8-10H2. The largest absolute Gasteiger partial charge is 0.396 e. The summed E-state index contributed by atoms with van der Waals surface area (Å²) in [5.41, 5.74) is 0. The summed E-state index contributed by atoms with van der Waals surface area (Å²) < 4.78 is 5.52. The van der Waals surface area contributed by atoms with Crippen molar-refractivity contribution in [1.29, 1.82) is 0 Å². The van der Waals surface area contributed by atoms with Crippen molar-refractivity contribution >= 4 is 6.29 Å². The minimum atomic E-state index is 0.340. The van der Waals surface area contributed by atoms with Crippen molar-refractivity contribution in [3.8, 4) is 0 Å². The van der Waals surface area contributed by atoms with Crippen LogP contribution in [-0.4, -0.2) is 31.2 Å². The van der Waals surface area contributed by atoms with E-state index in [0.29, 0.717) is 31.5 Å². The van der Waals surface area contributed by atoms with Gasteiger partial charge in [-0.15, -0.1) is 0 Å². The van der Waals surface area contributed by atoms with E-state index in [9.17, 15) is 4.79 Å². The number of carbonyl (C=O) groups is 1. The molecule has 0 amide bonds. The van der Waals surface area contributed by atoms with Gasteiger partial charge in [-0.2, -0.15) is 0 Å². The summed E-state index contributed by atoms with van der Waals surface area (Å²) in [4.78, 5) is 10.1. The fourth-order valence-electron chi connectivity index (χ4n) is 2.10. The predicted molar refractivity (Wildman–Crippen MR) is 58.7 cm³/mol. The molecule has 0 saturated heterocycles. The van der Waals surface area contributed by atoms with E-state index in [1.807, 2.05) is 0 Å². The normalized spacial score (nSPS) is 26.5. The molecular formula is C12H22O3. The summed E-state index contributed by atoms with van der Waals surface area (Å²) in [6.45, 7) is 1.88. The number of carbonyl (C=O) groups excluding carboxylic acids is 1. The minimum Gasteiger partial charge on any atom is -0.396 e. The van der Waals surface area contributed by atoms with Crippen molar-refractivity contribution in [3.63, 3.8) is 0 Å². The van der Waals surface area contributed by atoms with Crippen LogP contribution in [-0.2, 0) is 9.53 Å². The molecule has 0 unspecified atom stereocenters. The minimum absolute atomic E-state index is 0.340. The molecular weight excluding hydrogens is 192 g/mol. The van der Waals surface area contributed by atoms with E-state index in [1.54, 1.807) is 0 Å². The van der Waals surface area contributed by atoms with Crippen LogP contribution in [0.2, 0.25) is 0 Å². The number of aliphatic hydroxyl groups is 1. The highest BCUT2D eigenvalue weighted by Gasteiger charge is 2.20. The van der Waals surface area contributed by atoms with Gasteiger partial charge in [-0.05, 0) is 43.9 Å². The van der Waals surface area contributed by atoms with Gasteiger partial charge in [0.2, 0.25) is 0 Å². The molecule has 0 spiro atoms. The van der Waals surface area contributed by atoms with Crippen LogP contribution in [0, 0.1) is 11.8 Å². The quantitative estimate of drug-likeness (QED) is 0.519. The highest BCUT2D eigenvalue weighted by molar-refractivity contribution is 5.48. The number of unbranched alkanes of at least 4 members (excludes halogenated alkanes) is 1. The zero-order valence-electron chi connectivity index (χ0n) is 9.36. The first-order valence-electron chi connectivity index (χ1n) is 5.99. The topological polar surface area (TPSA) is 46.5 Å². The van der Waals surface area contributed by atoms with Crippen LogP contribution in [0.5, 0.6) is 0 Å². The van der Waals surface area contributed by atoms with Gasteiger partial charge in [0.25, 0.3) is 0 Å². The zero-order chi connectivity index (χ0) is 10.9. The Balaban J connectivity index is 1.96. The number of aliphatic hydroxyl groups excluding tert-OH is 1. The van der Waals surface area contributed by atoms with Crippen LogP contribution in [0.25, 0.3) is 0 Å².